The highest BCUT2D eigenvalue weighted by Crippen LogP contribution is 2.35. The molecule has 3 nitrogen and oxygen atoms in total. The molecule has 0 aliphatic carbocycles. The van der Waals surface area contributed by atoms with Gasteiger partial charge in [-0.1, -0.05) is 0 Å². The van der Waals surface area contributed by atoms with Gasteiger partial charge in [0.15, 0.2) is 0 Å². The monoisotopic (exact) mass is 240 g/mol. The molecule has 2 heterocycles. The minimum Gasteiger partial charge on any atom is -0.377 e. The van der Waals surface area contributed by atoms with Gasteiger partial charge in [0.2, 0.25) is 0 Å². The highest BCUT2D eigenvalue weighted by molar-refractivity contribution is 7.12. The van der Waals surface area contributed by atoms with E-state index in [0.29, 0.717) is 5.01 Å². The second-order valence-corrected chi connectivity index (χ2v) is 5.65. The van der Waals surface area contributed by atoms with Crippen molar-refractivity contribution in [2.45, 2.75) is 26.4 Å². The van der Waals surface area contributed by atoms with Crippen LogP contribution in [-0.2, 0) is 5.60 Å². The van der Waals surface area contributed by atoms with Crippen molar-refractivity contribution in [2.24, 2.45) is 0 Å². The molecule has 0 fully saturated rings. The smallest absolute Gasteiger partial charge is 0.149 e. The fourth-order valence-corrected chi connectivity index (χ4v) is 3.28. The Balaban J connectivity index is 2.50. The summed E-state index contributed by atoms with van der Waals surface area (Å²) in [7, 11) is 0. The lowest BCUT2D eigenvalue weighted by atomic mass is 10.1. The zero-order valence-corrected chi connectivity index (χ0v) is 10.4. The van der Waals surface area contributed by atoms with E-state index >= 15 is 0 Å². The molecular weight excluding hydrogens is 228 g/mol. The molecule has 2 rings (SSSR count). The van der Waals surface area contributed by atoms with E-state index in [2.05, 4.69) is 9.97 Å². The lowest BCUT2D eigenvalue weighted by Crippen LogP contribution is -2.22. The van der Waals surface area contributed by atoms with Crippen LogP contribution in [0.2, 0.25) is 0 Å². The Bertz CT molecular complexity index is 460. The third-order valence-electron chi connectivity index (χ3n) is 2.19. The normalized spacial score (nSPS) is 15.2. The Morgan fingerprint density at radius 2 is 2.13 bits per heavy atom. The van der Waals surface area contributed by atoms with Crippen LogP contribution in [0.1, 0.15) is 27.5 Å². The Labute approximate surface area is 96.5 Å². The van der Waals surface area contributed by atoms with Crippen molar-refractivity contribution >= 4 is 22.7 Å². The molecule has 0 spiro atoms. The van der Waals surface area contributed by atoms with Gasteiger partial charge in [-0.2, -0.15) is 0 Å². The van der Waals surface area contributed by atoms with E-state index in [0.717, 1.165) is 15.6 Å². The summed E-state index contributed by atoms with van der Waals surface area (Å²) in [5.41, 5.74) is -0.123. The largest absolute Gasteiger partial charge is 0.377 e. The first-order valence-corrected chi connectivity index (χ1v) is 6.28. The second kappa shape index (κ2) is 3.66. The molecule has 1 N–H and O–H groups in total. The third kappa shape index (κ3) is 1.82. The maximum atomic E-state index is 10.5. The van der Waals surface area contributed by atoms with Gasteiger partial charge in [-0.3, -0.25) is 0 Å². The Hall–Kier alpha value is -0.780. The average molecular weight is 240 g/mol. The van der Waals surface area contributed by atoms with Crippen molar-refractivity contribution < 1.29 is 5.11 Å². The van der Waals surface area contributed by atoms with Crippen LogP contribution in [0.4, 0.5) is 0 Å². The van der Waals surface area contributed by atoms with E-state index in [1.54, 1.807) is 13.1 Å². The lowest BCUT2D eigenvalue weighted by Gasteiger charge is -2.19. The average Bonchev–Trinajstić information content (AvgIpc) is 2.74. The first kappa shape index (κ1) is 10.7. The molecule has 15 heavy (non-hydrogen) atoms. The van der Waals surface area contributed by atoms with E-state index in [4.69, 9.17) is 0 Å². The van der Waals surface area contributed by atoms with Crippen LogP contribution < -0.4 is 0 Å². The summed E-state index contributed by atoms with van der Waals surface area (Å²) in [6, 6.07) is 0. The summed E-state index contributed by atoms with van der Waals surface area (Å²) >= 11 is 2.99. The van der Waals surface area contributed by atoms with Crippen LogP contribution >= 0.6 is 22.7 Å². The van der Waals surface area contributed by atoms with Crippen molar-refractivity contribution in [3.05, 3.63) is 32.2 Å². The first-order valence-electron chi connectivity index (χ1n) is 4.58. The van der Waals surface area contributed by atoms with Crippen molar-refractivity contribution in [3.8, 4) is 0 Å². The van der Waals surface area contributed by atoms with E-state index in [-0.39, 0.29) is 0 Å². The molecule has 2 aromatic heterocycles. The molecule has 0 aliphatic rings. The fourth-order valence-electron chi connectivity index (χ4n) is 1.54. The summed E-state index contributed by atoms with van der Waals surface area (Å²) in [5.74, 6) is 0. The van der Waals surface area contributed by atoms with Crippen LogP contribution in [0.25, 0.3) is 0 Å². The van der Waals surface area contributed by atoms with Gasteiger partial charge in [-0.05, 0) is 20.8 Å². The fraction of sp³-hybridized carbons (Fsp3) is 0.400. The van der Waals surface area contributed by atoms with Gasteiger partial charge < -0.3 is 5.11 Å². The van der Waals surface area contributed by atoms with Gasteiger partial charge in [0.1, 0.15) is 10.6 Å². The third-order valence-corrected chi connectivity index (χ3v) is 4.46. The van der Waals surface area contributed by atoms with Crippen LogP contribution in [0.15, 0.2) is 11.6 Å². The van der Waals surface area contributed by atoms with Crippen molar-refractivity contribution in [1.82, 2.24) is 9.97 Å². The van der Waals surface area contributed by atoms with Gasteiger partial charge in [0.25, 0.3) is 0 Å². The number of thiazole rings is 2. The Morgan fingerprint density at radius 3 is 2.60 bits per heavy atom. The molecule has 2 aromatic rings. The van der Waals surface area contributed by atoms with Crippen LogP contribution in [0.3, 0.4) is 0 Å². The van der Waals surface area contributed by atoms with Crippen molar-refractivity contribution in [2.75, 3.05) is 0 Å². The summed E-state index contributed by atoms with van der Waals surface area (Å²) in [5, 5.41) is 14.0. The van der Waals surface area contributed by atoms with E-state index in [1.807, 2.05) is 19.2 Å². The second-order valence-electron chi connectivity index (χ2n) is 3.56. The molecule has 5 heteroatoms. The van der Waals surface area contributed by atoms with Gasteiger partial charge in [-0.25, -0.2) is 9.97 Å². The number of hydrogen-bond acceptors (Lipinski definition) is 5. The zero-order valence-electron chi connectivity index (χ0n) is 8.81. The molecule has 1 atom stereocenters. The number of aromatic nitrogens is 2. The molecule has 0 bridgehead atoms. The van der Waals surface area contributed by atoms with Crippen LogP contribution in [0, 0.1) is 13.8 Å². The molecule has 1 unspecified atom stereocenters. The predicted molar refractivity (Wildman–Crippen MR) is 62.4 cm³/mol. The Morgan fingerprint density at radius 1 is 1.40 bits per heavy atom. The molecule has 0 saturated heterocycles. The summed E-state index contributed by atoms with van der Waals surface area (Å²) < 4.78 is 0. The van der Waals surface area contributed by atoms with E-state index in [1.165, 1.54) is 22.7 Å². The molecule has 0 amide bonds. The standard InChI is InChI=1S/C10H12N2OS2/c1-6-8(15-7(2)12-6)10(3,13)9-11-4-5-14-9/h4-5,13H,1-3H3. The number of aryl methyl sites for hydroxylation is 2. The molecule has 0 aliphatic heterocycles. The van der Waals surface area contributed by atoms with E-state index < -0.39 is 5.60 Å². The molecule has 0 saturated carbocycles. The number of hydrogen-bond donors (Lipinski definition) is 1. The zero-order chi connectivity index (χ0) is 11.1. The topological polar surface area (TPSA) is 46.0 Å². The van der Waals surface area contributed by atoms with Crippen LogP contribution in [0.5, 0.6) is 0 Å². The van der Waals surface area contributed by atoms with Gasteiger partial charge in [0, 0.05) is 11.6 Å². The summed E-state index contributed by atoms with van der Waals surface area (Å²) in [6.45, 7) is 5.63. The minimum atomic E-state index is -1.01. The molecular formula is C10H12N2OS2. The minimum absolute atomic E-state index is 0.717. The Kier molecular flexibility index (Phi) is 2.62. The van der Waals surface area contributed by atoms with Crippen molar-refractivity contribution in [1.29, 1.82) is 0 Å². The quantitative estimate of drug-likeness (QED) is 0.877. The van der Waals surface area contributed by atoms with Gasteiger partial charge >= 0.3 is 0 Å². The van der Waals surface area contributed by atoms with Gasteiger partial charge in [0.05, 0.1) is 15.6 Å². The highest BCUT2D eigenvalue weighted by Gasteiger charge is 2.32. The van der Waals surface area contributed by atoms with E-state index in [9.17, 15) is 5.11 Å². The number of rotatable bonds is 2. The van der Waals surface area contributed by atoms with Gasteiger partial charge in [-0.15, -0.1) is 22.7 Å². The first-order chi connectivity index (χ1) is 7.01. The lowest BCUT2D eigenvalue weighted by molar-refractivity contribution is 0.105. The molecule has 0 radical (unpaired) electrons. The molecule has 0 aromatic carbocycles. The highest BCUT2D eigenvalue weighted by atomic mass is 32.1. The predicted octanol–water partition coefficient (Wildman–Crippen LogP) is 2.47. The maximum absolute atomic E-state index is 10.5. The van der Waals surface area contributed by atoms with Crippen molar-refractivity contribution in [3.63, 3.8) is 0 Å². The SMILES string of the molecule is Cc1nc(C)c(C(C)(O)c2nccs2)s1. The number of nitrogens with zero attached hydrogens (tertiary/aromatic N) is 2. The molecule has 80 valence electrons. The number of aliphatic hydroxyl groups is 1. The van der Waals surface area contributed by atoms with Crippen LogP contribution in [-0.4, -0.2) is 15.1 Å². The summed E-state index contributed by atoms with van der Waals surface area (Å²) in [6.07, 6.45) is 1.71. The summed E-state index contributed by atoms with van der Waals surface area (Å²) in [4.78, 5) is 9.37. The maximum Gasteiger partial charge on any atom is 0.149 e.